The molecule has 1 aromatic carbocycles. The molecule has 19 N–H and O–H groups in total. The van der Waals surface area contributed by atoms with Gasteiger partial charge >= 0.3 is 11.9 Å². The lowest BCUT2D eigenvalue weighted by Crippen LogP contribution is -2.62. The van der Waals surface area contributed by atoms with Crippen molar-refractivity contribution in [2.24, 2.45) is 35.0 Å². The normalized spacial score (nSPS) is 15.0. The minimum atomic E-state index is -2.02. The molecule has 0 bridgehead atoms. The number of nitrogens with one attached hydrogen (secondary N) is 9. The number of amides is 11. The van der Waals surface area contributed by atoms with Gasteiger partial charge in [0.1, 0.15) is 60.1 Å². The number of thiol groups is 1. The van der Waals surface area contributed by atoms with Crippen LogP contribution in [-0.4, -0.2) is 170 Å². The molecule has 430 valence electrons. The molecule has 1 rings (SSSR count). The SMILES string of the molecule is CC(C)C[C@H](NC(=O)[C@@H](N)Cc1ccc(O)cc1)C(=O)N[C@@H](CO)C(=O)N[C@@H](CC(N)=O)C(=O)N[C@@H](CC(=O)O)C(=O)N[C@H](C(=O)N[C@@H](CS)C(=O)N[C@@H](C)C(=O)N[C@@H](CCC(N)=O)C(=O)N[C@H](C(=O)O)C(C)C)C(C)C. The first-order valence-electron chi connectivity index (χ1n) is 24.3. The van der Waals surface area contributed by atoms with Gasteiger partial charge in [-0.3, -0.25) is 57.5 Å². The Kier molecular flexibility index (Phi) is 28.7. The highest BCUT2D eigenvalue weighted by Gasteiger charge is 2.37. The zero-order chi connectivity index (χ0) is 59.0. The average Bonchev–Trinajstić information content (AvgIpc) is 3.33. The van der Waals surface area contributed by atoms with E-state index in [1.165, 1.54) is 46.8 Å². The minimum Gasteiger partial charge on any atom is -0.508 e. The molecule has 0 saturated heterocycles. The van der Waals surface area contributed by atoms with Crippen LogP contribution in [0.2, 0.25) is 0 Å². The zero-order valence-electron chi connectivity index (χ0n) is 43.7. The van der Waals surface area contributed by atoms with Crippen molar-refractivity contribution in [3.8, 4) is 5.75 Å². The van der Waals surface area contributed by atoms with E-state index in [2.05, 4.69) is 60.5 Å². The quantitative estimate of drug-likeness (QED) is 0.0287. The summed E-state index contributed by atoms with van der Waals surface area (Å²) in [6.07, 6.45) is -2.78. The fourth-order valence-corrected chi connectivity index (χ4v) is 7.27. The Morgan fingerprint density at radius 1 is 0.519 bits per heavy atom. The van der Waals surface area contributed by atoms with Crippen LogP contribution in [0.5, 0.6) is 5.75 Å². The number of benzene rings is 1. The first kappa shape index (κ1) is 67.4. The number of carbonyl (C=O) groups excluding carboxylic acids is 11. The second-order valence-electron chi connectivity index (χ2n) is 19.1. The molecule has 77 heavy (non-hydrogen) atoms. The van der Waals surface area contributed by atoms with E-state index in [-0.39, 0.29) is 37.4 Å². The van der Waals surface area contributed by atoms with Gasteiger partial charge in [-0.1, -0.05) is 53.7 Å². The van der Waals surface area contributed by atoms with Gasteiger partial charge in [0.05, 0.1) is 25.5 Å². The Hall–Kier alpha value is -7.60. The van der Waals surface area contributed by atoms with E-state index < -0.39 is 174 Å². The molecule has 11 amide bonds. The summed E-state index contributed by atoms with van der Waals surface area (Å²) in [5, 5.41) is 59.5. The predicted octanol–water partition coefficient (Wildman–Crippen LogP) is -5.37. The number of aliphatic carboxylic acids is 2. The molecular formula is C47H74N12O17S. The van der Waals surface area contributed by atoms with Crippen LogP contribution >= 0.6 is 12.6 Å². The van der Waals surface area contributed by atoms with Gasteiger partial charge in [-0.15, -0.1) is 0 Å². The van der Waals surface area contributed by atoms with E-state index >= 15 is 0 Å². The maximum absolute atomic E-state index is 13.7. The number of carboxylic acid groups (broad SMARTS) is 2. The summed E-state index contributed by atoms with van der Waals surface area (Å²) in [7, 11) is 0. The van der Waals surface area contributed by atoms with Gasteiger partial charge in [-0.25, -0.2) is 4.79 Å². The standard InChI is InChI=1S/C47H74N12O17S/c1-20(2)14-28(53-39(67)26(48)15-24-8-10-25(61)11-9-24)41(69)56-31(18-60)44(72)54-29(16-34(50)63)42(70)55-30(17-35(64)65)43(71)58-36(21(3)4)46(74)57-32(19-77)45(73)51-23(7)38(66)52-27(12-13-33(49)62)40(68)59-37(22(5)6)47(75)76/h8-11,20-23,26-32,36-37,60-61,77H,12-19,48H2,1-7H3,(H2,49,62)(H2,50,63)(H,51,73)(H,52,66)(H,53,67)(H,54,72)(H,55,70)(H,56,69)(H,57,74)(H,58,71)(H,59,68)(H,64,65)(H,75,76)/t23-,26-,27-,28-,29-,30-,31-,32-,36-,37-/m0/s1. The number of carbonyl (C=O) groups is 13. The first-order chi connectivity index (χ1) is 35.8. The number of carboxylic acids is 2. The van der Waals surface area contributed by atoms with Crippen LogP contribution < -0.4 is 65.1 Å². The Morgan fingerprint density at radius 3 is 1.44 bits per heavy atom. The highest BCUT2D eigenvalue weighted by atomic mass is 32.1. The molecular weight excluding hydrogens is 1040 g/mol. The molecule has 0 aromatic heterocycles. The van der Waals surface area contributed by atoms with E-state index in [4.69, 9.17) is 17.2 Å². The first-order valence-corrected chi connectivity index (χ1v) is 24.9. The van der Waals surface area contributed by atoms with Gasteiger partial charge in [0, 0.05) is 12.2 Å². The molecule has 0 fully saturated rings. The van der Waals surface area contributed by atoms with E-state index in [1.807, 2.05) is 0 Å². The molecule has 30 heteroatoms. The molecule has 0 aliphatic rings. The summed E-state index contributed by atoms with van der Waals surface area (Å²) >= 11 is 4.11. The topological polar surface area (TPSA) is 489 Å². The van der Waals surface area contributed by atoms with Crippen molar-refractivity contribution in [2.45, 2.75) is 147 Å². The second kappa shape index (κ2) is 32.8. The third kappa shape index (κ3) is 24.3. The highest BCUT2D eigenvalue weighted by Crippen LogP contribution is 2.13. The monoisotopic (exact) mass is 1110 g/mol. The van der Waals surface area contributed by atoms with Crippen LogP contribution in [0.15, 0.2) is 24.3 Å². The third-order valence-corrected chi connectivity index (χ3v) is 11.7. The van der Waals surface area contributed by atoms with Crippen molar-refractivity contribution >= 4 is 89.5 Å². The molecule has 0 aliphatic heterocycles. The Bertz CT molecular complexity index is 2290. The van der Waals surface area contributed by atoms with E-state index in [1.54, 1.807) is 26.0 Å². The summed E-state index contributed by atoms with van der Waals surface area (Å²) in [6.45, 7) is 9.52. The predicted molar refractivity (Wildman–Crippen MR) is 275 cm³/mol. The maximum atomic E-state index is 13.7. The number of phenols is 1. The van der Waals surface area contributed by atoms with Gasteiger partial charge in [0.15, 0.2) is 0 Å². The minimum absolute atomic E-state index is 0.0106. The maximum Gasteiger partial charge on any atom is 0.326 e. The van der Waals surface area contributed by atoms with Gasteiger partial charge in [0.25, 0.3) is 0 Å². The lowest BCUT2D eigenvalue weighted by atomic mass is 10.0. The average molecular weight is 1110 g/mol. The van der Waals surface area contributed by atoms with Gasteiger partial charge in [0.2, 0.25) is 65.0 Å². The van der Waals surface area contributed by atoms with Crippen molar-refractivity contribution in [3.63, 3.8) is 0 Å². The molecule has 0 radical (unpaired) electrons. The summed E-state index contributed by atoms with van der Waals surface area (Å²) in [5.74, 6) is -16.6. The third-order valence-electron chi connectivity index (χ3n) is 11.3. The van der Waals surface area contributed by atoms with Crippen molar-refractivity contribution < 1.29 is 82.8 Å². The second-order valence-corrected chi connectivity index (χ2v) is 19.5. The van der Waals surface area contributed by atoms with Crippen LogP contribution in [0.1, 0.15) is 86.1 Å². The molecule has 0 aliphatic carbocycles. The molecule has 0 unspecified atom stereocenters. The van der Waals surface area contributed by atoms with Crippen molar-refractivity contribution in [1.82, 2.24) is 47.9 Å². The van der Waals surface area contributed by atoms with Crippen LogP contribution in [0.3, 0.4) is 0 Å². The van der Waals surface area contributed by atoms with Crippen molar-refractivity contribution in [2.75, 3.05) is 12.4 Å². The lowest BCUT2D eigenvalue weighted by molar-refractivity contribution is -0.143. The van der Waals surface area contributed by atoms with E-state index in [9.17, 15) is 82.8 Å². The molecule has 1 aromatic rings. The van der Waals surface area contributed by atoms with Crippen LogP contribution in [0.4, 0.5) is 0 Å². The smallest absolute Gasteiger partial charge is 0.326 e. The van der Waals surface area contributed by atoms with Crippen LogP contribution in [0.25, 0.3) is 0 Å². The Morgan fingerprint density at radius 2 is 0.961 bits per heavy atom. The number of rotatable bonds is 34. The molecule has 0 heterocycles. The Balaban J connectivity index is 3.21. The summed E-state index contributed by atoms with van der Waals surface area (Å²) in [4.78, 5) is 168. The van der Waals surface area contributed by atoms with Gasteiger partial charge < -0.3 is 85.5 Å². The molecule has 10 atom stereocenters. The number of aliphatic hydroxyl groups excluding tert-OH is 1. The lowest BCUT2D eigenvalue weighted by Gasteiger charge is -2.28. The van der Waals surface area contributed by atoms with Crippen molar-refractivity contribution in [3.05, 3.63) is 29.8 Å². The van der Waals surface area contributed by atoms with E-state index in [0.29, 0.717) is 5.56 Å². The molecule has 0 spiro atoms. The fraction of sp³-hybridized carbons (Fsp3) is 0.596. The zero-order valence-corrected chi connectivity index (χ0v) is 44.6. The fourth-order valence-electron chi connectivity index (χ4n) is 7.01. The van der Waals surface area contributed by atoms with Crippen LogP contribution in [-0.2, 0) is 68.7 Å². The number of hydrogen-bond donors (Lipinski definition) is 17. The number of aliphatic hydroxyl groups is 1. The van der Waals surface area contributed by atoms with Gasteiger partial charge in [-0.2, -0.15) is 12.6 Å². The number of primary amides is 2. The largest absolute Gasteiger partial charge is 0.508 e. The number of nitrogens with two attached hydrogens (primary N) is 3. The number of aromatic hydroxyl groups is 1. The summed E-state index contributed by atoms with van der Waals surface area (Å²) < 4.78 is 0. The van der Waals surface area contributed by atoms with E-state index in [0.717, 1.165) is 0 Å². The molecule has 0 saturated carbocycles. The summed E-state index contributed by atoms with van der Waals surface area (Å²) in [5.41, 5.74) is 17.2. The van der Waals surface area contributed by atoms with Crippen molar-refractivity contribution in [1.29, 1.82) is 0 Å². The molecule has 29 nitrogen and oxygen atoms in total. The number of phenolic OH excluding ortho intramolecular Hbond substituents is 1. The number of hydrogen-bond acceptors (Lipinski definition) is 17. The highest BCUT2D eigenvalue weighted by molar-refractivity contribution is 7.80. The van der Waals surface area contributed by atoms with Gasteiger partial charge in [-0.05, 0) is 61.6 Å². The summed E-state index contributed by atoms with van der Waals surface area (Å²) in [6, 6.07) is -9.73. The van der Waals surface area contributed by atoms with Crippen LogP contribution in [0, 0.1) is 17.8 Å². The Labute approximate surface area is 449 Å².